The maximum atomic E-state index is 4.14. The minimum Gasteiger partial charge on any atom is -1.00 e. The van der Waals surface area contributed by atoms with Crippen molar-refractivity contribution in [1.29, 1.82) is 0 Å². The van der Waals surface area contributed by atoms with Crippen molar-refractivity contribution < 1.29 is 14.9 Å². The van der Waals surface area contributed by atoms with E-state index in [0.29, 0.717) is 0 Å². The summed E-state index contributed by atoms with van der Waals surface area (Å²) in [6, 6.07) is 0. The Labute approximate surface area is 102 Å². The zero-order chi connectivity index (χ0) is 2.12. The summed E-state index contributed by atoms with van der Waals surface area (Å²) in [7, 11) is -0.333. The van der Waals surface area contributed by atoms with E-state index in [0.717, 1.165) is 0 Å². The molecule has 1 rings (SSSR count). The Hall–Kier alpha value is 2.70. The monoisotopic (exact) mass is 160 g/mol. The molecular formula is H9AlCaMgO2Si. The van der Waals surface area contributed by atoms with Gasteiger partial charge in [-0.15, -0.1) is 0 Å². The van der Waals surface area contributed by atoms with Gasteiger partial charge in [-0.1, -0.05) is 0 Å². The number of rotatable bonds is 0. The minimum absolute atomic E-state index is 0. The first-order valence-electron chi connectivity index (χ1n) is 0.744. The first kappa shape index (κ1) is 15.9. The van der Waals surface area contributed by atoms with Crippen molar-refractivity contribution in [2.45, 2.75) is 0 Å². The molecule has 0 aromatic rings. The van der Waals surface area contributed by atoms with Gasteiger partial charge in [-0.3, -0.25) is 9.15 Å². The van der Waals surface area contributed by atoms with Gasteiger partial charge in [-0.05, 0) is 0 Å². The Kier molecular flexibility index (Phi) is 28.1. The van der Waals surface area contributed by atoms with E-state index in [1.165, 1.54) is 0 Å². The average molecular weight is 161 g/mol. The molecule has 0 saturated carbocycles. The van der Waals surface area contributed by atoms with E-state index >= 15 is 0 Å². The minimum atomic E-state index is -0.333. The molecule has 1 fully saturated rings. The fourth-order valence-electron chi connectivity index (χ4n) is 0. The molecule has 6 heavy (non-hydrogen) atoms. The molecule has 2 nitrogen and oxygen atoms in total. The van der Waals surface area contributed by atoms with Crippen LogP contribution in [0, 0.1) is 0 Å². The van der Waals surface area contributed by atoms with Gasteiger partial charge in [0.05, 0.1) is 0 Å². The normalized spacial score (nSPS) is 12.0. The van der Waals surface area contributed by atoms with Crippen molar-refractivity contribution >= 4 is 88.2 Å². The van der Waals surface area contributed by atoms with Crippen LogP contribution in [0.4, 0.5) is 0 Å². The summed E-state index contributed by atoms with van der Waals surface area (Å²) < 4.78 is 8.28. The predicted octanol–water partition coefficient (Wildman–Crippen LogP) is -2.55. The topological polar surface area (TPSA) is 25.1 Å². The Morgan fingerprint density at radius 2 is 1.50 bits per heavy atom. The van der Waals surface area contributed by atoms with E-state index < -0.39 is 0 Å². The second kappa shape index (κ2) is 10.6. The van der Waals surface area contributed by atoms with E-state index in [-0.39, 0.29) is 93.9 Å². The Bertz CT molecular complexity index is 28.0. The molecule has 6 heteroatoms. The molecule has 0 amide bonds. The molecule has 0 N–H and O–H groups in total. The van der Waals surface area contributed by atoms with E-state index in [1.54, 1.807) is 0 Å². The van der Waals surface area contributed by atoms with Gasteiger partial charge in [0.15, 0.2) is 17.4 Å². The SMILES string of the molecule is O1O[SiH2]1.[AlH3].[Ca+2].[H-].[H-].[H-].[H-].[Mg+2]. The van der Waals surface area contributed by atoms with Gasteiger partial charge >= 0.3 is 70.8 Å². The van der Waals surface area contributed by atoms with Crippen molar-refractivity contribution in [1.82, 2.24) is 0 Å². The van der Waals surface area contributed by atoms with Crippen LogP contribution in [0.25, 0.3) is 0 Å². The summed E-state index contributed by atoms with van der Waals surface area (Å²) in [5, 5.41) is 0. The van der Waals surface area contributed by atoms with Gasteiger partial charge in [-0.25, -0.2) is 0 Å². The van der Waals surface area contributed by atoms with E-state index in [4.69, 9.17) is 0 Å². The van der Waals surface area contributed by atoms with Crippen LogP contribution < -0.4 is 0 Å². The molecule has 1 saturated heterocycles. The van der Waals surface area contributed by atoms with Gasteiger partial charge in [0, 0.05) is 0 Å². The first-order chi connectivity index (χ1) is 1.50. The summed E-state index contributed by atoms with van der Waals surface area (Å²) in [6.45, 7) is 0. The van der Waals surface area contributed by atoms with E-state index in [1.807, 2.05) is 0 Å². The maximum Gasteiger partial charge on any atom is 2.00 e. The van der Waals surface area contributed by atoms with Gasteiger partial charge < -0.3 is 5.71 Å². The van der Waals surface area contributed by atoms with Crippen molar-refractivity contribution in [2.24, 2.45) is 0 Å². The zero-order valence-corrected chi connectivity index (χ0v) is 7.97. The Balaban J connectivity index is -0.00000000257. The van der Waals surface area contributed by atoms with Crippen molar-refractivity contribution in [2.75, 3.05) is 0 Å². The third-order valence-corrected chi connectivity index (χ3v) is 0.354. The zero-order valence-electron chi connectivity index (χ0n) is 6.94. The van der Waals surface area contributed by atoms with Gasteiger partial charge in [0.2, 0.25) is 0 Å². The van der Waals surface area contributed by atoms with Gasteiger partial charge in [-0.2, -0.15) is 0 Å². The molecule has 0 aliphatic carbocycles. The van der Waals surface area contributed by atoms with Crippen LogP contribution in [-0.2, 0) is 9.15 Å². The third kappa shape index (κ3) is 15.9. The van der Waals surface area contributed by atoms with Crippen LogP contribution in [-0.4, -0.2) is 88.2 Å². The summed E-state index contributed by atoms with van der Waals surface area (Å²) >= 11 is 0. The van der Waals surface area contributed by atoms with Crippen molar-refractivity contribution in [3.63, 3.8) is 0 Å². The molecule has 0 bridgehead atoms. The van der Waals surface area contributed by atoms with Crippen LogP contribution in [0.1, 0.15) is 5.71 Å². The molecule has 0 radical (unpaired) electrons. The second-order valence-electron chi connectivity index (χ2n) is 0.354. The maximum absolute atomic E-state index is 4.14. The summed E-state index contributed by atoms with van der Waals surface area (Å²) in [4.78, 5) is 0. The van der Waals surface area contributed by atoms with Crippen molar-refractivity contribution in [3.8, 4) is 0 Å². The summed E-state index contributed by atoms with van der Waals surface area (Å²) in [6.07, 6.45) is 0. The third-order valence-electron chi connectivity index (χ3n) is 0.118. The Morgan fingerprint density at radius 1 is 1.33 bits per heavy atom. The largest absolute Gasteiger partial charge is 2.00 e. The summed E-state index contributed by atoms with van der Waals surface area (Å²) in [5.41, 5.74) is 0. The second-order valence-corrected chi connectivity index (χ2v) is 1.06. The van der Waals surface area contributed by atoms with Crippen LogP contribution >= 0.6 is 0 Å². The van der Waals surface area contributed by atoms with Crippen LogP contribution in [0.3, 0.4) is 0 Å². The quantitative estimate of drug-likeness (QED) is 0.222. The standard InChI is InChI=1S/Al.Ca.Mg.H2O2Si.7H/c;;;1-2-3-1;;;;;;;/h;;;3H2;;;;;;;/q;2*+2;;;;;4*-1. The van der Waals surface area contributed by atoms with E-state index in [9.17, 15) is 0 Å². The van der Waals surface area contributed by atoms with Gasteiger partial charge in [0.1, 0.15) is 0 Å². The number of hydrogen-bond donors (Lipinski definition) is 0. The summed E-state index contributed by atoms with van der Waals surface area (Å²) in [5.74, 6) is 0. The molecule has 1 aliphatic heterocycles. The van der Waals surface area contributed by atoms with Crippen molar-refractivity contribution in [3.05, 3.63) is 0 Å². The van der Waals surface area contributed by atoms with Crippen LogP contribution in [0.5, 0.6) is 0 Å². The molecule has 0 unspecified atom stereocenters. The van der Waals surface area contributed by atoms with E-state index in [2.05, 4.69) is 9.15 Å². The fourth-order valence-corrected chi connectivity index (χ4v) is 0. The molecule has 32 valence electrons. The molecule has 1 aliphatic rings. The molecule has 1 heterocycles. The molecule has 0 aromatic heterocycles. The molecule has 0 spiro atoms. The molecule has 0 atom stereocenters. The first-order valence-corrected chi connectivity index (χ1v) is 1.90. The fraction of sp³-hybridized carbons (Fsp3) is 0. The Morgan fingerprint density at radius 3 is 1.50 bits per heavy atom. The van der Waals surface area contributed by atoms with Crippen LogP contribution in [0.15, 0.2) is 0 Å². The predicted molar refractivity (Wildman–Crippen MR) is 36.6 cm³/mol. The van der Waals surface area contributed by atoms with Gasteiger partial charge in [0.25, 0.3) is 0 Å². The van der Waals surface area contributed by atoms with Crippen LogP contribution in [0.2, 0.25) is 0 Å². The molecular weight excluding hydrogens is 151 g/mol. The average Bonchev–Trinajstić information content (AvgIpc) is 1.46. The number of hydrogen-bond acceptors (Lipinski definition) is 2. The molecule has 0 aromatic carbocycles. The smallest absolute Gasteiger partial charge is 1.00 e.